The molecular weight excluding hydrogens is 383 g/mol. The molecule has 3 rings (SSSR count). The number of aromatic nitrogens is 1. The highest BCUT2D eigenvalue weighted by molar-refractivity contribution is 8.18. The first-order valence-electron chi connectivity index (χ1n) is 8.55. The Labute approximate surface area is 166 Å². The largest absolute Gasteiger partial charge is 0.467 e. The topological polar surface area (TPSA) is 68.6 Å². The molecule has 0 unspecified atom stereocenters. The Morgan fingerprint density at radius 2 is 1.93 bits per heavy atom. The lowest BCUT2D eigenvalue weighted by Crippen LogP contribution is -2.42. The van der Waals surface area contributed by atoms with E-state index >= 15 is 0 Å². The third-order valence-corrected chi connectivity index (χ3v) is 5.49. The molecule has 1 aromatic carbocycles. The van der Waals surface area contributed by atoms with Crippen molar-refractivity contribution in [3.8, 4) is 5.69 Å². The average molecular weight is 402 g/mol. The molecule has 0 bridgehead atoms. The van der Waals surface area contributed by atoms with Crippen molar-refractivity contribution in [1.82, 2.24) is 9.47 Å². The number of benzene rings is 1. The van der Waals surface area contributed by atoms with Gasteiger partial charge in [0.05, 0.1) is 17.7 Å². The molecule has 6 nitrogen and oxygen atoms in total. The zero-order chi connectivity index (χ0) is 20.6. The van der Waals surface area contributed by atoms with E-state index in [-0.39, 0.29) is 10.7 Å². The second kappa shape index (κ2) is 7.63. The Balaban J connectivity index is 1.98. The normalized spacial score (nSPS) is 16.8. The van der Waals surface area contributed by atoms with Crippen LogP contribution in [0.2, 0.25) is 0 Å². The maximum Gasteiger partial charge on any atom is 0.328 e. The van der Waals surface area contributed by atoms with Crippen LogP contribution in [-0.4, -0.2) is 39.7 Å². The van der Waals surface area contributed by atoms with E-state index in [9.17, 15) is 18.8 Å². The third kappa shape index (κ3) is 3.35. The summed E-state index contributed by atoms with van der Waals surface area (Å²) in [4.78, 5) is 37.7. The Morgan fingerprint density at radius 3 is 2.57 bits per heavy atom. The summed E-state index contributed by atoms with van der Waals surface area (Å²) in [5.41, 5.74) is 2.62. The molecule has 28 heavy (non-hydrogen) atoms. The number of methoxy groups -OCH3 is 1. The molecule has 0 radical (unpaired) electrons. The fourth-order valence-electron chi connectivity index (χ4n) is 3.17. The Hall–Kier alpha value is -2.87. The number of imide groups is 1. The van der Waals surface area contributed by atoms with Crippen molar-refractivity contribution in [3.63, 3.8) is 0 Å². The van der Waals surface area contributed by atoms with E-state index in [1.807, 2.05) is 19.9 Å². The van der Waals surface area contributed by atoms with Gasteiger partial charge in [0.1, 0.15) is 11.9 Å². The second-order valence-electron chi connectivity index (χ2n) is 6.36. The number of carbonyl (C=O) groups is 3. The number of halogens is 1. The molecule has 1 saturated heterocycles. The maximum absolute atomic E-state index is 14.2. The predicted octanol–water partition coefficient (Wildman–Crippen LogP) is 3.83. The number of hydrogen-bond acceptors (Lipinski definition) is 5. The quantitative estimate of drug-likeness (QED) is 0.574. The lowest BCUT2D eigenvalue weighted by Gasteiger charge is -2.18. The minimum atomic E-state index is -1.01. The summed E-state index contributed by atoms with van der Waals surface area (Å²) in [6.07, 6.45) is 1.59. The van der Waals surface area contributed by atoms with Crippen molar-refractivity contribution in [2.75, 3.05) is 7.11 Å². The van der Waals surface area contributed by atoms with Gasteiger partial charge >= 0.3 is 5.97 Å². The van der Waals surface area contributed by atoms with Gasteiger partial charge in [0, 0.05) is 11.4 Å². The van der Waals surface area contributed by atoms with Crippen molar-refractivity contribution >= 4 is 35.0 Å². The van der Waals surface area contributed by atoms with Gasteiger partial charge in [-0.3, -0.25) is 14.5 Å². The molecule has 8 heteroatoms. The smallest absolute Gasteiger partial charge is 0.328 e. The van der Waals surface area contributed by atoms with Crippen LogP contribution >= 0.6 is 11.8 Å². The molecule has 0 spiro atoms. The van der Waals surface area contributed by atoms with Gasteiger partial charge in [-0.1, -0.05) is 12.1 Å². The van der Waals surface area contributed by atoms with Crippen LogP contribution in [0.5, 0.6) is 0 Å². The van der Waals surface area contributed by atoms with Crippen molar-refractivity contribution in [2.24, 2.45) is 0 Å². The van der Waals surface area contributed by atoms with E-state index in [0.717, 1.165) is 28.0 Å². The number of rotatable bonds is 4. The van der Waals surface area contributed by atoms with E-state index < -0.39 is 23.2 Å². The van der Waals surface area contributed by atoms with Crippen molar-refractivity contribution in [3.05, 3.63) is 58.0 Å². The molecule has 2 amide bonds. The van der Waals surface area contributed by atoms with Crippen LogP contribution in [0.1, 0.15) is 23.9 Å². The summed E-state index contributed by atoms with van der Waals surface area (Å²) in [6.45, 7) is 5.09. The Bertz CT molecular complexity index is 1010. The van der Waals surface area contributed by atoms with Gasteiger partial charge in [0.25, 0.3) is 11.1 Å². The summed E-state index contributed by atoms with van der Waals surface area (Å²) in [5.74, 6) is -1.58. The number of ether oxygens (including phenoxy) is 1. The van der Waals surface area contributed by atoms with Gasteiger partial charge in [-0.2, -0.15) is 0 Å². The van der Waals surface area contributed by atoms with E-state index in [2.05, 4.69) is 4.74 Å². The lowest BCUT2D eigenvalue weighted by atomic mass is 10.2. The fraction of sp³-hybridized carbons (Fsp3) is 0.250. The first kappa shape index (κ1) is 19.9. The molecule has 1 aromatic heterocycles. The summed E-state index contributed by atoms with van der Waals surface area (Å²) in [6, 6.07) is 7.23. The van der Waals surface area contributed by atoms with Crippen LogP contribution in [0.3, 0.4) is 0 Å². The van der Waals surface area contributed by atoms with Gasteiger partial charge in [-0.15, -0.1) is 0 Å². The molecule has 1 atom stereocenters. The first-order valence-corrected chi connectivity index (χ1v) is 9.36. The van der Waals surface area contributed by atoms with Crippen molar-refractivity contribution in [1.29, 1.82) is 0 Å². The molecule has 2 heterocycles. The van der Waals surface area contributed by atoms with E-state index in [4.69, 9.17) is 0 Å². The summed E-state index contributed by atoms with van der Waals surface area (Å²) in [7, 11) is 1.20. The number of esters is 1. The van der Waals surface area contributed by atoms with Crippen LogP contribution in [0.4, 0.5) is 9.18 Å². The SMILES string of the molecule is COC(=O)[C@@H](C)N1C(=O)S/C(=C/c2cc(C)n(-c3ccccc3F)c2C)C1=O. The van der Waals surface area contributed by atoms with Gasteiger partial charge < -0.3 is 9.30 Å². The van der Waals surface area contributed by atoms with Crippen LogP contribution in [0.25, 0.3) is 11.8 Å². The van der Waals surface area contributed by atoms with Gasteiger partial charge in [0.2, 0.25) is 0 Å². The second-order valence-corrected chi connectivity index (χ2v) is 7.36. The van der Waals surface area contributed by atoms with Crippen LogP contribution in [0.15, 0.2) is 35.2 Å². The zero-order valence-corrected chi connectivity index (χ0v) is 16.7. The molecular formula is C20H19FN2O4S. The summed E-state index contributed by atoms with van der Waals surface area (Å²) < 4.78 is 20.6. The molecule has 1 aliphatic heterocycles. The van der Waals surface area contributed by atoms with Gasteiger partial charge in [0.15, 0.2) is 0 Å². The van der Waals surface area contributed by atoms with Crippen LogP contribution in [-0.2, 0) is 14.3 Å². The monoisotopic (exact) mass is 402 g/mol. The first-order chi connectivity index (χ1) is 13.3. The predicted molar refractivity (Wildman–Crippen MR) is 104 cm³/mol. The van der Waals surface area contributed by atoms with Gasteiger partial charge in [-0.25, -0.2) is 9.18 Å². The highest BCUT2D eigenvalue weighted by Gasteiger charge is 2.41. The summed E-state index contributed by atoms with van der Waals surface area (Å²) in [5, 5.41) is -0.530. The standard InChI is InChI=1S/C20H19FN2O4S/c1-11-9-14(12(2)22(11)16-8-6-5-7-15(16)21)10-17-18(24)23(20(26)28-17)13(3)19(25)27-4/h5-10,13H,1-4H3/b17-10+/t13-/m1/s1. The minimum Gasteiger partial charge on any atom is -0.467 e. The fourth-order valence-corrected chi connectivity index (χ4v) is 4.07. The highest BCUT2D eigenvalue weighted by Crippen LogP contribution is 2.35. The van der Waals surface area contributed by atoms with E-state index in [0.29, 0.717) is 11.3 Å². The number of amides is 2. The number of carbonyl (C=O) groups excluding carboxylic acids is 3. The average Bonchev–Trinajstić information content (AvgIpc) is 3.09. The summed E-state index contributed by atoms with van der Waals surface area (Å²) >= 11 is 0.763. The molecule has 146 valence electrons. The Kier molecular flexibility index (Phi) is 5.42. The number of thioether (sulfide) groups is 1. The van der Waals surface area contributed by atoms with Crippen LogP contribution < -0.4 is 0 Å². The molecule has 1 aliphatic rings. The molecule has 0 N–H and O–H groups in total. The van der Waals surface area contributed by atoms with E-state index in [1.54, 1.807) is 28.8 Å². The molecule has 2 aromatic rings. The lowest BCUT2D eigenvalue weighted by molar-refractivity contribution is -0.148. The maximum atomic E-state index is 14.2. The Morgan fingerprint density at radius 1 is 1.25 bits per heavy atom. The van der Waals surface area contributed by atoms with Crippen molar-refractivity contribution in [2.45, 2.75) is 26.8 Å². The number of hydrogen-bond donors (Lipinski definition) is 0. The number of nitrogens with zero attached hydrogens (tertiary/aromatic N) is 2. The zero-order valence-electron chi connectivity index (χ0n) is 15.9. The molecule has 0 saturated carbocycles. The van der Waals surface area contributed by atoms with Crippen molar-refractivity contribution < 1.29 is 23.5 Å². The number of aryl methyl sites for hydroxylation is 1. The van der Waals surface area contributed by atoms with Gasteiger partial charge in [-0.05, 0) is 62.4 Å². The number of para-hydroxylation sites is 1. The molecule has 0 aliphatic carbocycles. The van der Waals surface area contributed by atoms with E-state index in [1.165, 1.54) is 20.1 Å². The highest BCUT2D eigenvalue weighted by atomic mass is 32.2. The minimum absolute atomic E-state index is 0.203. The molecule has 1 fully saturated rings. The third-order valence-electron chi connectivity index (χ3n) is 4.60. The van der Waals surface area contributed by atoms with Crippen LogP contribution in [0, 0.1) is 19.7 Å².